The van der Waals surface area contributed by atoms with Gasteiger partial charge in [0, 0.05) is 31.3 Å². The first-order valence-electron chi connectivity index (χ1n) is 9.49. The van der Waals surface area contributed by atoms with Crippen molar-refractivity contribution < 1.29 is 14.2 Å². The SMILES string of the molecule is COc1cc(OC)c(C(c2ccccc2C)N2CCCNCC2)cc1OC. The third kappa shape index (κ3) is 4.20. The summed E-state index contributed by atoms with van der Waals surface area (Å²) in [7, 11) is 5.03. The second-order valence-electron chi connectivity index (χ2n) is 6.85. The Morgan fingerprint density at radius 1 is 0.852 bits per heavy atom. The Morgan fingerprint density at radius 2 is 1.56 bits per heavy atom. The maximum absolute atomic E-state index is 5.77. The number of methoxy groups -OCH3 is 3. The van der Waals surface area contributed by atoms with Crippen LogP contribution >= 0.6 is 0 Å². The Bertz CT molecular complexity index is 755. The van der Waals surface area contributed by atoms with Gasteiger partial charge in [-0.05, 0) is 37.1 Å². The molecule has 2 aromatic rings. The molecular weight excluding hydrogens is 340 g/mol. The van der Waals surface area contributed by atoms with E-state index >= 15 is 0 Å². The molecule has 146 valence electrons. The van der Waals surface area contributed by atoms with Crippen molar-refractivity contribution in [3.63, 3.8) is 0 Å². The van der Waals surface area contributed by atoms with Crippen LogP contribution in [0.4, 0.5) is 0 Å². The molecule has 2 aromatic carbocycles. The van der Waals surface area contributed by atoms with E-state index in [4.69, 9.17) is 14.2 Å². The molecule has 0 amide bonds. The Labute approximate surface area is 162 Å². The molecule has 3 rings (SSSR count). The van der Waals surface area contributed by atoms with Crippen LogP contribution in [0.3, 0.4) is 0 Å². The number of nitrogens with one attached hydrogen (secondary N) is 1. The van der Waals surface area contributed by atoms with Gasteiger partial charge in [-0.25, -0.2) is 0 Å². The van der Waals surface area contributed by atoms with Crippen LogP contribution in [0.5, 0.6) is 17.2 Å². The van der Waals surface area contributed by atoms with E-state index in [1.165, 1.54) is 11.1 Å². The maximum atomic E-state index is 5.77. The third-order valence-electron chi connectivity index (χ3n) is 5.25. The minimum atomic E-state index is 0.0980. The van der Waals surface area contributed by atoms with E-state index in [-0.39, 0.29) is 6.04 Å². The molecular formula is C22H30N2O3. The van der Waals surface area contributed by atoms with Gasteiger partial charge in [0.25, 0.3) is 0 Å². The minimum Gasteiger partial charge on any atom is -0.496 e. The number of ether oxygens (including phenoxy) is 3. The lowest BCUT2D eigenvalue weighted by molar-refractivity contribution is 0.234. The molecule has 0 spiro atoms. The summed E-state index contributed by atoms with van der Waals surface area (Å²) in [5, 5.41) is 3.50. The van der Waals surface area contributed by atoms with E-state index < -0.39 is 0 Å². The minimum absolute atomic E-state index is 0.0980. The van der Waals surface area contributed by atoms with E-state index in [2.05, 4.69) is 47.5 Å². The van der Waals surface area contributed by atoms with E-state index in [0.29, 0.717) is 5.75 Å². The fourth-order valence-electron chi connectivity index (χ4n) is 3.85. The summed E-state index contributed by atoms with van der Waals surface area (Å²) >= 11 is 0. The molecule has 0 saturated carbocycles. The smallest absolute Gasteiger partial charge is 0.164 e. The highest BCUT2D eigenvalue weighted by Gasteiger charge is 2.28. The Hall–Kier alpha value is -2.24. The summed E-state index contributed by atoms with van der Waals surface area (Å²) in [5.41, 5.74) is 3.67. The quantitative estimate of drug-likeness (QED) is 0.844. The van der Waals surface area contributed by atoms with Gasteiger partial charge in [-0.1, -0.05) is 24.3 Å². The van der Waals surface area contributed by atoms with Crippen molar-refractivity contribution >= 4 is 0 Å². The molecule has 1 aliphatic heterocycles. The molecule has 5 heteroatoms. The van der Waals surface area contributed by atoms with Crippen molar-refractivity contribution in [2.45, 2.75) is 19.4 Å². The molecule has 27 heavy (non-hydrogen) atoms. The highest BCUT2D eigenvalue weighted by atomic mass is 16.5. The van der Waals surface area contributed by atoms with Crippen molar-refractivity contribution in [2.75, 3.05) is 47.5 Å². The van der Waals surface area contributed by atoms with Gasteiger partial charge in [0.05, 0.1) is 27.4 Å². The van der Waals surface area contributed by atoms with Crippen molar-refractivity contribution in [1.29, 1.82) is 0 Å². The zero-order chi connectivity index (χ0) is 19.2. The van der Waals surface area contributed by atoms with Crippen molar-refractivity contribution in [2.24, 2.45) is 0 Å². The fourth-order valence-corrected chi connectivity index (χ4v) is 3.85. The van der Waals surface area contributed by atoms with Crippen LogP contribution in [-0.2, 0) is 0 Å². The van der Waals surface area contributed by atoms with E-state index in [1.54, 1.807) is 21.3 Å². The van der Waals surface area contributed by atoms with Gasteiger partial charge in [-0.2, -0.15) is 0 Å². The molecule has 0 aliphatic carbocycles. The predicted octanol–water partition coefficient (Wildman–Crippen LogP) is 3.41. The summed E-state index contributed by atoms with van der Waals surface area (Å²) in [6.45, 7) is 6.23. The maximum Gasteiger partial charge on any atom is 0.164 e. The molecule has 0 aromatic heterocycles. The van der Waals surface area contributed by atoms with Gasteiger partial charge < -0.3 is 19.5 Å². The Morgan fingerprint density at radius 3 is 2.26 bits per heavy atom. The number of nitrogens with zero attached hydrogens (tertiary/aromatic N) is 1. The monoisotopic (exact) mass is 370 g/mol. The largest absolute Gasteiger partial charge is 0.496 e. The molecule has 1 N–H and O–H groups in total. The topological polar surface area (TPSA) is 43.0 Å². The number of benzene rings is 2. The van der Waals surface area contributed by atoms with Crippen LogP contribution in [0.2, 0.25) is 0 Å². The summed E-state index contributed by atoms with van der Waals surface area (Å²) in [4.78, 5) is 2.53. The molecule has 0 bridgehead atoms. The first kappa shape index (κ1) is 19.5. The van der Waals surface area contributed by atoms with Gasteiger partial charge in [0.1, 0.15) is 5.75 Å². The van der Waals surface area contributed by atoms with E-state index in [0.717, 1.165) is 49.7 Å². The summed E-state index contributed by atoms with van der Waals surface area (Å²) < 4.78 is 16.8. The zero-order valence-electron chi connectivity index (χ0n) is 16.7. The first-order chi connectivity index (χ1) is 13.2. The average Bonchev–Trinajstić information content (AvgIpc) is 2.98. The van der Waals surface area contributed by atoms with Crippen LogP contribution < -0.4 is 19.5 Å². The molecule has 1 fully saturated rings. The molecule has 1 atom stereocenters. The Balaban J connectivity index is 2.16. The van der Waals surface area contributed by atoms with Crippen LogP contribution in [0, 0.1) is 6.92 Å². The lowest BCUT2D eigenvalue weighted by Gasteiger charge is -2.33. The third-order valence-corrected chi connectivity index (χ3v) is 5.25. The molecule has 0 radical (unpaired) electrons. The second-order valence-corrected chi connectivity index (χ2v) is 6.85. The highest BCUT2D eigenvalue weighted by Crippen LogP contribution is 2.42. The van der Waals surface area contributed by atoms with Gasteiger partial charge in [-0.3, -0.25) is 4.90 Å². The van der Waals surface area contributed by atoms with Crippen molar-refractivity contribution in [3.05, 3.63) is 53.1 Å². The standard InChI is InChI=1S/C22H30N2O3/c1-16-8-5-6-9-17(16)22(24-12-7-10-23-11-13-24)18-14-20(26-3)21(27-4)15-19(18)25-2/h5-6,8-9,14-15,22-23H,7,10-13H2,1-4H3. The van der Waals surface area contributed by atoms with Gasteiger partial charge in [0.15, 0.2) is 11.5 Å². The molecule has 5 nitrogen and oxygen atoms in total. The van der Waals surface area contributed by atoms with Crippen molar-refractivity contribution in [3.8, 4) is 17.2 Å². The molecule has 1 heterocycles. The predicted molar refractivity (Wildman–Crippen MR) is 108 cm³/mol. The van der Waals surface area contributed by atoms with Gasteiger partial charge in [0.2, 0.25) is 0 Å². The van der Waals surface area contributed by atoms with E-state index in [9.17, 15) is 0 Å². The zero-order valence-corrected chi connectivity index (χ0v) is 16.7. The highest BCUT2D eigenvalue weighted by molar-refractivity contribution is 5.54. The number of hydrogen-bond acceptors (Lipinski definition) is 5. The first-order valence-corrected chi connectivity index (χ1v) is 9.49. The van der Waals surface area contributed by atoms with Gasteiger partial charge in [-0.15, -0.1) is 0 Å². The molecule has 1 saturated heterocycles. The van der Waals surface area contributed by atoms with Gasteiger partial charge >= 0.3 is 0 Å². The summed E-state index contributed by atoms with van der Waals surface area (Å²) in [5.74, 6) is 2.22. The van der Waals surface area contributed by atoms with Crippen LogP contribution in [0.25, 0.3) is 0 Å². The number of aryl methyl sites for hydroxylation is 1. The molecule has 1 unspecified atom stereocenters. The number of hydrogen-bond donors (Lipinski definition) is 1. The lowest BCUT2D eigenvalue weighted by atomic mass is 9.92. The normalized spacial score (nSPS) is 16.4. The van der Waals surface area contributed by atoms with Crippen LogP contribution in [0.1, 0.15) is 29.2 Å². The lowest BCUT2D eigenvalue weighted by Crippen LogP contribution is -2.33. The van der Waals surface area contributed by atoms with Crippen LogP contribution in [0.15, 0.2) is 36.4 Å². The second kappa shape index (κ2) is 9.11. The molecule has 1 aliphatic rings. The van der Waals surface area contributed by atoms with Crippen LogP contribution in [-0.4, -0.2) is 52.4 Å². The van der Waals surface area contributed by atoms with Crippen molar-refractivity contribution in [1.82, 2.24) is 10.2 Å². The number of rotatable bonds is 6. The average molecular weight is 370 g/mol. The summed E-state index contributed by atoms with van der Waals surface area (Å²) in [6.07, 6.45) is 1.12. The Kier molecular flexibility index (Phi) is 6.58. The fraction of sp³-hybridized carbons (Fsp3) is 0.455. The summed E-state index contributed by atoms with van der Waals surface area (Å²) in [6, 6.07) is 12.7. The van der Waals surface area contributed by atoms with E-state index in [1.807, 2.05) is 6.07 Å².